The summed E-state index contributed by atoms with van der Waals surface area (Å²) in [5.41, 5.74) is 3.08. The van der Waals surface area contributed by atoms with Crippen molar-refractivity contribution in [1.29, 1.82) is 0 Å². The van der Waals surface area contributed by atoms with E-state index < -0.39 is 0 Å². The number of hydrogen-bond acceptors (Lipinski definition) is 3. The molecule has 0 amide bonds. The highest BCUT2D eigenvalue weighted by Gasteiger charge is 2.03. The minimum Gasteiger partial charge on any atom is -0.380 e. The summed E-state index contributed by atoms with van der Waals surface area (Å²) in [6.45, 7) is 0.732. The molecule has 0 fully saturated rings. The smallest absolute Gasteiger partial charge is 0.0737 e. The first kappa shape index (κ1) is 12.0. The molecular weight excluding hydrogens is 260 g/mol. The Hall–Kier alpha value is -2.07. The van der Waals surface area contributed by atoms with E-state index in [1.807, 2.05) is 43.7 Å². The molecule has 96 valence electrons. The van der Waals surface area contributed by atoms with E-state index in [0.717, 1.165) is 28.7 Å². The van der Waals surface area contributed by atoms with Gasteiger partial charge in [-0.05, 0) is 24.3 Å². The topological polar surface area (TPSA) is 42.7 Å². The van der Waals surface area contributed by atoms with Gasteiger partial charge < -0.3 is 5.32 Å². The normalized spacial score (nSPS) is 10.8. The molecule has 0 saturated carbocycles. The fraction of sp³-hybridized carbons (Fsp3) is 0.143. The molecule has 0 unspecified atom stereocenters. The molecule has 19 heavy (non-hydrogen) atoms. The van der Waals surface area contributed by atoms with Crippen LogP contribution in [0.4, 0.5) is 5.69 Å². The summed E-state index contributed by atoms with van der Waals surface area (Å²) >= 11 is 5.98. The van der Waals surface area contributed by atoms with Gasteiger partial charge in [0.05, 0.1) is 11.7 Å². The minimum atomic E-state index is 0.699. The number of aromatic nitrogens is 3. The summed E-state index contributed by atoms with van der Waals surface area (Å²) in [6, 6.07) is 7.69. The van der Waals surface area contributed by atoms with Gasteiger partial charge in [-0.3, -0.25) is 9.67 Å². The number of anilines is 1. The highest BCUT2D eigenvalue weighted by molar-refractivity contribution is 6.31. The summed E-state index contributed by atoms with van der Waals surface area (Å²) in [6.07, 6.45) is 5.63. The Bertz CT molecular complexity index is 720. The Morgan fingerprint density at radius 3 is 3.00 bits per heavy atom. The predicted octanol–water partition coefficient (Wildman–Crippen LogP) is 3.23. The maximum absolute atomic E-state index is 5.98. The number of rotatable bonds is 3. The molecular formula is C14H13ClN4. The Balaban J connectivity index is 1.88. The third-order valence-electron chi connectivity index (χ3n) is 2.95. The SMILES string of the molecule is Cn1cc(CNc2ccnc3cc(Cl)ccc23)cn1. The highest BCUT2D eigenvalue weighted by atomic mass is 35.5. The quantitative estimate of drug-likeness (QED) is 0.796. The van der Waals surface area contributed by atoms with Crippen molar-refractivity contribution in [2.45, 2.75) is 6.54 Å². The summed E-state index contributed by atoms with van der Waals surface area (Å²) < 4.78 is 1.79. The van der Waals surface area contributed by atoms with Crippen molar-refractivity contribution in [3.63, 3.8) is 0 Å². The van der Waals surface area contributed by atoms with Crippen LogP contribution in [0.1, 0.15) is 5.56 Å². The first-order valence-corrected chi connectivity index (χ1v) is 6.36. The van der Waals surface area contributed by atoms with E-state index in [0.29, 0.717) is 5.02 Å². The standard InChI is InChI=1S/C14H13ClN4/c1-19-9-10(8-18-19)7-17-13-4-5-16-14-6-11(15)2-3-12(13)14/h2-6,8-9H,7H2,1H3,(H,16,17). The van der Waals surface area contributed by atoms with Crippen molar-refractivity contribution in [1.82, 2.24) is 14.8 Å². The summed E-state index contributed by atoms with van der Waals surface area (Å²) in [4.78, 5) is 4.32. The second-order valence-electron chi connectivity index (χ2n) is 4.40. The molecule has 3 rings (SSSR count). The van der Waals surface area contributed by atoms with Crippen LogP contribution >= 0.6 is 11.6 Å². The molecule has 1 aromatic carbocycles. The number of fused-ring (bicyclic) bond motifs is 1. The van der Waals surface area contributed by atoms with E-state index in [9.17, 15) is 0 Å². The van der Waals surface area contributed by atoms with Crippen LogP contribution in [-0.2, 0) is 13.6 Å². The minimum absolute atomic E-state index is 0.699. The maximum atomic E-state index is 5.98. The van der Waals surface area contributed by atoms with Crippen molar-refractivity contribution in [3.8, 4) is 0 Å². The highest BCUT2D eigenvalue weighted by Crippen LogP contribution is 2.24. The van der Waals surface area contributed by atoms with Gasteiger partial charge in [0.1, 0.15) is 0 Å². The molecule has 0 aliphatic rings. The number of halogens is 1. The lowest BCUT2D eigenvalue weighted by molar-refractivity contribution is 0.767. The van der Waals surface area contributed by atoms with Crippen LogP contribution < -0.4 is 5.32 Å². The van der Waals surface area contributed by atoms with Gasteiger partial charge in [-0.25, -0.2) is 0 Å². The molecule has 0 atom stereocenters. The fourth-order valence-corrected chi connectivity index (χ4v) is 2.20. The van der Waals surface area contributed by atoms with Crippen molar-refractivity contribution in [2.75, 3.05) is 5.32 Å². The third kappa shape index (κ3) is 2.53. The second kappa shape index (κ2) is 4.90. The van der Waals surface area contributed by atoms with Crippen LogP contribution in [0.2, 0.25) is 5.02 Å². The Morgan fingerprint density at radius 2 is 2.21 bits per heavy atom. The number of aryl methyl sites for hydroxylation is 1. The van der Waals surface area contributed by atoms with Crippen LogP contribution in [0.3, 0.4) is 0 Å². The zero-order valence-corrected chi connectivity index (χ0v) is 11.2. The molecule has 4 nitrogen and oxygen atoms in total. The van der Waals surface area contributed by atoms with Gasteiger partial charge in [-0.15, -0.1) is 0 Å². The van der Waals surface area contributed by atoms with Gasteiger partial charge in [-0.1, -0.05) is 11.6 Å². The molecule has 2 heterocycles. The number of nitrogens with zero attached hydrogens (tertiary/aromatic N) is 3. The molecule has 0 aliphatic carbocycles. The second-order valence-corrected chi connectivity index (χ2v) is 4.83. The number of hydrogen-bond donors (Lipinski definition) is 1. The van der Waals surface area contributed by atoms with Gasteiger partial charge >= 0.3 is 0 Å². The Morgan fingerprint density at radius 1 is 1.32 bits per heavy atom. The predicted molar refractivity (Wildman–Crippen MR) is 77.3 cm³/mol. The largest absolute Gasteiger partial charge is 0.380 e. The number of nitrogens with one attached hydrogen (secondary N) is 1. The monoisotopic (exact) mass is 272 g/mol. The molecule has 0 spiro atoms. The average Bonchev–Trinajstić information content (AvgIpc) is 2.81. The average molecular weight is 273 g/mol. The van der Waals surface area contributed by atoms with E-state index in [4.69, 9.17) is 11.6 Å². The lowest BCUT2D eigenvalue weighted by atomic mass is 10.2. The van der Waals surface area contributed by atoms with Crippen molar-refractivity contribution < 1.29 is 0 Å². The van der Waals surface area contributed by atoms with Gasteiger partial charge in [0.15, 0.2) is 0 Å². The van der Waals surface area contributed by atoms with Crippen LogP contribution in [-0.4, -0.2) is 14.8 Å². The Labute approximate surface area is 116 Å². The van der Waals surface area contributed by atoms with Crippen molar-refractivity contribution in [3.05, 3.63) is 53.4 Å². The number of pyridine rings is 1. The lowest BCUT2D eigenvalue weighted by Gasteiger charge is -2.08. The molecule has 5 heteroatoms. The molecule has 2 aromatic heterocycles. The number of benzene rings is 1. The van der Waals surface area contributed by atoms with E-state index in [1.54, 1.807) is 10.9 Å². The molecule has 0 radical (unpaired) electrons. The molecule has 0 saturated heterocycles. The van der Waals surface area contributed by atoms with Gasteiger partial charge in [0, 0.05) is 47.6 Å². The fourth-order valence-electron chi connectivity index (χ4n) is 2.04. The van der Waals surface area contributed by atoms with E-state index in [1.165, 1.54) is 0 Å². The Kier molecular flexibility index (Phi) is 3.09. The van der Waals surface area contributed by atoms with Crippen LogP contribution in [0.5, 0.6) is 0 Å². The first-order chi connectivity index (χ1) is 9.22. The summed E-state index contributed by atoms with van der Waals surface area (Å²) in [7, 11) is 1.91. The van der Waals surface area contributed by atoms with E-state index >= 15 is 0 Å². The van der Waals surface area contributed by atoms with E-state index in [-0.39, 0.29) is 0 Å². The van der Waals surface area contributed by atoms with Crippen LogP contribution in [0, 0.1) is 0 Å². The molecule has 0 aliphatic heterocycles. The molecule has 3 aromatic rings. The zero-order chi connectivity index (χ0) is 13.2. The summed E-state index contributed by atoms with van der Waals surface area (Å²) in [5.74, 6) is 0. The lowest BCUT2D eigenvalue weighted by Crippen LogP contribution is -1.99. The van der Waals surface area contributed by atoms with Gasteiger partial charge in [-0.2, -0.15) is 5.10 Å². The third-order valence-corrected chi connectivity index (χ3v) is 3.18. The van der Waals surface area contributed by atoms with E-state index in [2.05, 4.69) is 15.4 Å². The van der Waals surface area contributed by atoms with Crippen molar-refractivity contribution in [2.24, 2.45) is 7.05 Å². The van der Waals surface area contributed by atoms with Crippen LogP contribution in [0.25, 0.3) is 10.9 Å². The molecule has 0 bridgehead atoms. The van der Waals surface area contributed by atoms with Gasteiger partial charge in [0.25, 0.3) is 0 Å². The van der Waals surface area contributed by atoms with Crippen molar-refractivity contribution >= 4 is 28.2 Å². The van der Waals surface area contributed by atoms with Crippen LogP contribution in [0.15, 0.2) is 42.9 Å². The molecule has 1 N–H and O–H groups in total. The first-order valence-electron chi connectivity index (χ1n) is 5.98. The summed E-state index contributed by atoms with van der Waals surface area (Å²) in [5, 5.41) is 9.31. The van der Waals surface area contributed by atoms with Gasteiger partial charge in [0.2, 0.25) is 0 Å². The zero-order valence-electron chi connectivity index (χ0n) is 10.5. The maximum Gasteiger partial charge on any atom is 0.0737 e.